The fourth-order valence-electron chi connectivity index (χ4n) is 1.09. The van der Waals surface area contributed by atoms with Crippen molar-refractivity contribution in [3.8, 4) is 5.75 Å². The number of carbonyl (C=O) groups excluding carboxylic acids is 1. The number of methoxy groups -OCH3 is 1. The van der Waals surface area contributed by atoms with Crippen LogP contribution in [0.4, 0.5) is 0 Å². The van der Waals surface area contributed by atoms with Gasteiger partial charge in [-0.15, -0.1) is 0 Å². The first-order chi connectivity index (χ1) is 7.44. The topological polar surface area (TPSA) is 47.6 Å². The molecule has 0 fully saturated rings. The van der Waals surface area contributed by atoms with Crippen LogP contribution in [0.15, 0.2) is 24.3 Å². The summed E-state index contributed by atoms with van der Waals surface area (Å²) >= 11 is 0. The minimum atomic E-state index is -0.419. The van der Waals surface area contributed by atoms with E-state index in [1.165, 1.54) is 7.11 Å². The number of nitrogens with one attached hydrogen (secondary N) is 1. The zero-order valence-electron chi connectivity index (χ0n) is 10.0. The average molecular weight is 223 g/mol. The molecule has 0 heterocycles. The highest BCUT2D eigenvalue weighted by molar-refractivity contribution is 5.96. The highest BCUT2D eigenvalue weighted by Gasteiger charge is 2.16. The lowest BCUT2D eigenvalue weighted by molar-refractivity contribution is -0.0590. The molecule has 0 aliphatic heterocycles. The molecule has 0 atom stereocenters. The van der Waals surface area contributed by atoms with Gasteiger partial charge >= 0.3 is 0 Å². The molecule has 0 bridgehead atoms. The van der Waals surface area contributed by atoms with Gasteiger partial charge in [-0.2, -0.15) is 0 Å². The maximum absolute atomic E-state index is 11.8. The number of hydrogen-bond donors (Lipinski definition) is 1. The van der Waals surface area contributed by atoms with Gasteiger partial charge in [-0.3, -0.25) is 9.63 Å². The van der Waals surface area contributed by atoms with Gasteiger partial charge in [-0.1, -0.05) is 12.1 Å². The average Bonchev–Trinajstić information content (AvgIpc) is 2.25. The third kappa shape index (κ3) is 3.55. The number of ether oxygens (including phenoxy) is 1. The van der Waals surface area contributed by atoms with Gasteiger partial charge in [-0.05, 0) is 32.9 Å². The fraction of sp³-hybridized carbons (Fsp3) is 0.417. The van der Waals surface area contributed by atoms with Gasteiger partial charge in [0.1, 0.15) is 5.75 Å². The molecule has 0 radical (unpaired) electrons. The van der Waals surface area contributed by atoms with E-state index in [1.54, 1.807) is 24.3 Å². The van der Waals surface area contributed by atoms with Crippen molar-refractivity contribution in [1.82, 2.24) is 5.48 Å². The van der Waals surface area contributed by atoms with Crippen LogP contribution in [0.3, 0.4) is 0 Å². The van der Waals surface area contributed by atoms with Crippen LogP contribution in [0.25, 0.3) is 0 Å². The second-order valence-corrected chi connectivity index (χ2v) is 4.35. The van der Waals surface area contributed by atoms with Crippen LogP contribution in [-0.4, -0.2) is 18.6 Å². The van der Waals surface area contributed by atoms with Crippen LogP contribution >= 0.6 is 0 Å². The van der Waals surface area contributed by atoms with Crippen LogP contribution in [-0.2, 0) is 4.84 Å². The zero-order valence-corrected chi connectivity index (χ0v) is 10.0. The molecule has 4 nitrogen and oxygen atoms in total. The molecule has 0 aliphatic carbocycles. The largest absolute Gasteiger partial charge is 0.496 e. The van der Waals surface area contributed by atoms with E-state index in [2.05, 4.69) is 5.48 Å². The number of rotatable bonds is 3. The Morgan fingerprint density at radius 1 is 1.25 bits per heavy atom. The van der Waals surface area contributed by atoms with Gasteiger partial charge in [0, 0.05) is 0 Å². The Morgan fingerprint density at radius 2 is 1.88 bits per heavy atom. The maximum atomic E-state index is 11.8. The molecular weight excluding hydrogens is 206 g/mol. The van der Waals surface area contributed by atoms with Crippen LogP contribution in [0.1, 0.15) is 31.1 Å². The third-order valence-corrected chi connectivity index (χ3v) is 1.80. The summed E-state index contributed by atoms with van der Waals surface area (Å²) in [6, 6.07) is 6.99. The number of para-hydroxylation sites is 1. The van der Waals surface area contributed by atoms with Crippen molar-refractivity contribution in [3.63, 3.8) is 0 Å². The summed E-state index contributed by atoms with van der Waals surface area (Å²) in [5.74, 6) is 0.213. The van der Waals surface area contributed by atoms with E-state index in [9.17, 15) is 4.79 Å². The quantitative estimate of drug-likeness (QED) is 0.799. The molecule has 0 unspecified atom stereocenters. The summed E-state index contributed by atoms with van der Waals surface area (Å²) in [4.78, 5) is 16.9. The zero-order chi connectivity index (χ0) is 12.2. The van der Waals surface area contributed by atoms with Crippen LogP contribution in [0.5, 0.6) is 5.75 Å². The monoisotopic (exact) mass is 223 g/mol. The molecule has 1 aromatic carbocycles. The second kappa shape index (κ2) is 4.99. The number of hydrogen-bond acceptors (Lipinski definition) is 3. The van der Waals surface area contributed by atoms with E-state index < -0.39 is 5.60 Å². The standard InChI is InChI=1S/C12H17NO3/c1-12(2,3)16-13-11(14)9-7-5-6-8-10(9)15-4/h5-8H,1-4H3,(H,13,14). The second-order valence-electron chi connectivity index (χ2n) is 4.35. The summed E-state index contributed by atoms with van der Waals surface area (Å²) in [5.41, 5.74) is 2.43. The van der Waals surface area contributed by atoms with E-state index in [0.29, 0.717) is 11.3 Å². The summed E-state index contributed by atoms with van der Waals surface area (Å²) in [7, 11) is 1.52. The Bertz CT molecular complexity index is 369. The predicted molar refractivity (Wildman–Crippen MR) is 61.3 cm³/mol. The van der Waals surface area contributed by atoms with Crippen molar-refractivity contribution in [3.05, 3.63) is 29.8 Å². The molecule has 0 aromatic heterocycles. The minimum Gasteiger partial charge on any atom is -0.496 e. The number of carbonyl (C=O) groups is 1. The Balaban J connectivity index is 2.73. The lowest BCUT2D eigenvalue weighted by Crippen LogP contribution is -2.33. The van der Waals surface area contributed by atoms with Crippen molar-refractivity contribution in [2.75, 3.05) is 7.11 Å². The molecule has 4 heteroatoms. The van der Waals surface area contributed by atoms with Crippen LogP contribution in [0, 0.1) is 0 Å². The number of benzene rings is 1. The Kier molecular flexibility index (Phi) is 3.90. The number of hydroxylamine groups is 1. The van der Waals surface area contributed by atoms with Crippen molar-refractivity contribution < 1.29 is 14.4 Å². The summed E-state index contributed by atoms with van der Waals surface area (Å²) in [6.45, 7) is 5.57. The summed E-state index contributed by atoms with van der Waals surface area (Å²) < 4.78 is 5.08. The van der Waals surface area contributed by atoms with E-state index in [4.69, 9.17) is 9.57 Å². The lowest BCUT2D eigenvalue weighted by Gasteiger charge is -2.19. The van der Waals surface area contributed by atoms with Gasteiger partial charge in [0.05, 0.1) is 18.3 Å². The van der Waals surface area contributed by atoms with Crippen molar-refractivity contribution in [2.24, 2.45) is 0 Å². The predicted octanol–water partition coefficient (Wildman–Crippen LogP) is 2.16. The summed E-state index contributed by atoms with van der Waals surface area (Å²) in [6.07, 6.45) is 0. The molecule has 1 amide bonds. The van der Waals surface area contributed by atoms with Gasteiger partial charge < -0.3 is 4.74 Å². The minimum absolute atomic E-state index is 0.313. The van der Waals surface area contributed by atoms with Crippen molar-refractivity contribution in [2.45, 2.75) is 26.4 Å². The molecule has 0 saturated heterocycles. The van der Waals surface area contributed by atoms with Gasteiger partial charge in [0.25, 0.3) is 5.91 Å². The van der Waals surface area contributed by atoms with Crippen LogP contribution in [0.2, 0.25) is 0 Å². The van der Waals surface area contributed by atoms with E-state index in [0.717, 1.165) is 0 Å². The van der Waals surface area contributed by atoms with E-state index >= 15 is 0 Å². The van der Waals surface area contributed by atoms with E-state index in [1.807, 2.05) is 20.8 Å². The van der Waals surface area contributed by atoms with Crippen molar-refractivity contribution >= 4 is 5.91 Å². The first-order valence-electron chi connectivity index (χ1n) is 5.05. The molecule has 16 heavy (non-hydrogen) atoms. The first kappa shape index (κ1) is 12.5. The molecule has 0 spiro atoms. The molecule has 0 aliphatic rings. The highest BCUT2D eigenvalue weighted by atomic mass is 16.7. The fourth-order valence-corrected chi connectivity index (χ4v) is 1.09. The molecule has 1 aromatic rings. The molecule has 1 N–H and O–H groups in total. The first-order valence-corrected chi connectivity index (χ1v) is 5.05. The van der Waals surface area contributed by atoms with E-state index in [-0.39, 0.29) is 5.91 Å². The molecular formula is C12H17NO3. The van der Waals surface area contributed by atoms with Gasteiger partial charge in [0.2, 0.25) is 0 Å². The Hall–Kier alpha value is -1.55. The Morgan fingerprint density at radius 3 is 2.44 bits per heavy atom. The SMILES string of the molecule is COc1ccccc1C(=O)NOC(C)(C)C. The maximum Gasteiger partial charge on any atom is 0.278 e. The smallest absolute Gasteiger partial charge is 0.278 e. The normalized spacial score (nSPS) is 11.0. The Labute approximate surface area is 95.5 Å². The van der Waals surface area contributed by atoms with Gasteiger partial charge in [-0.25, -0.2) is 5.48 Å². The third-order valence-electron chi connectivity index (χ3n) is 1.80. The van der Waals surface area contributed by atoms with Crippen LogP contribution < -0.4 is 10.2 Å². The molecule has 1 rings (SSSR count). The molecule has 88 valence electrons. The highest BCUT2D eigenvalue weighted by Crippen LogP contribution is 2.17. The molecule has 0 saturated carbocycles. The summed E-state index contributed by atoms with van der Waals surface area (Å²) in [5, 5.41) is 0. The van der Waals surface area contributed by atoms with Gasteiger partial charge in [0.15, 0.2) is 0 Å². The lowest BCUT2D eigenvalue weighted by atomic mass is 10.2. The van der Waals surface area contributed by atoms with Crippen molar-refractivity contribution in [1.29, 1.82) is 0 Å². The number of amides is 1.